The lowest BCUT2D eigenvalue weighted by Gasteiger charge is -2.03. The fourth-order valence-electron chi connectivity index (χ4n) is 1.35. The number of unbranched alkanes of at least 4 members (excludes halogenated alkanes) is 1. The molecule has 0 aliphatic heterocycles. The molecule has 1 aromatic carbocycles. The van der Waals surface area contributed by atoms with E-state index in [9.17, 15) is 4.79 Å². The molecule has 88 valence electrons. The summed E-state index contributed by atoms with van der Waals surface area (Å²) in [5.41, 5.74) is 1.09. The van der Waals surface area contributed by atoms with Crippen molar-refractivity contribution in [3.05, 3.63) is 35.9 Å². The van der Waals surface area contributed by atoms with E-state index in [1.807, 2.05) is 30.3 Å². The van der Waals surface area contributed by atoms with Gasteiger partial charge >= 0.3 is 0 Å². The van der Waals surface area contributed by atoms with Crippen LogP contribution in [0.3, 0.4) is 0 Å². The van der Waals surface area contributed by atoms with Crippen molar-refractivity contribution in [3.63, 3.8) is 0 Å². The zero-order chi connectivity index (χ0) is 11.6. The molecule has 0 fully saturated rings. The number of rotatable bonds is 8. The number of benzene rings is 1. The van der Waals surface area contributed by atoms with Gasteiger partial charge in [-0.05, 0) is 18.4 Å². The minimum Gasteiger partial charge on any atom is -0.369 e. The quantitative estimate of drug-likeness (QED) is 0.515. The molecule has 2 nitrogen and oxygen atoms in total. The SMILES string of the molecule is O=C(CCCCCl)COCc1ccccc1. The van der Waals surface area contributed by atoms with Gasteiger partial charge in [0.15, 0.2) is 5.78 Å². The number of hydrogen-bond donors (Lipinski definition) is 0. The van der Waals surface area contributed by atoms with Gasteiger partial charge in [0.25, 0.3) is 0 Å². The topological polar surface area (TPSA) is 26.3 Å². The Morgan fingerprint density at radius 2 is 1.94 bits per heavy atom. The maximum absolute atomic E-state index is 11.3. The van der Waals surface area contributed by atoms with Gasteiger partial charge in [-0.1, -0.05) is 30.3 Å². The summed E-state index contributed by atoms with van der Waals surface area (Å²) in [6.07, 6.45) is 2.32. The van der Waals surface area contributed by atoms with Crippen molar-refractivity contribution in [2.24, 2.45) is 0 Å². The zero-order valence-corrected chi connectivity index (χ0v) is 10.1. The number of carbonyl (C=O) groups excluding carboxylic acids is 1. The van der Waals surface area contributed by atoms with E-state index in [0.717, 1.165) is 18.4 Å². The first-order valence-corrected chi connectivity index (χ1v) is 6.05. The van der Waals surface area contributed by atoms with Gasteiger partial charge in [-0.15, -0.1) is 11.6 Å². The minimum atomic E-state index is 0.154. The molecule has 0 saturated carbocycles. The number of ether oxygens (including phenoxy) is 1. The molecule has 3 heteroatoms. The molecule has 0 N–H and O–H groups in total. The standard InChI is InChI=1S/C13H17ClO2/c14-9-5-4-8-13(15)11-16-10-12-6-2-1-3-7-12/h1-3,6-7H,4-5,8-11H2. The molecule has 1 aromatic rings. The van der Waals surface area contributed by atoms with Crippen molar-refractivity contribution >= 4 is 17.4 Å². The lowest BCUT2D eigenvalue weighted by molar-refractivity contribution is -0.124. The molecular weight excluding hydrogens is 224 g/mol. The smallest absolute Gasteiger partial charge is 0.158 e. The van der Waals surface area contributed by atoms with Gasteiger partial charge in [0.1, 0.15) is 6.61 Å². The predicted molar refractivity (Wildman–Crippen MR) is 65.7 cm³/mol. The normalized spacial score (nSPS) is 10.3. The Morgan fingerprint density at radius 1 is 1.19 bits per heavy atom. The van der Waals surface area contributed by atoms with E-state index in [-0.39, 0.29) is 12.4 Å². The fraction of sp³-hybridized carbons (Fsp3) is 0.462. The largest absolute Gasteiger partial charge is 0.369 e. The summed E-state index contributed by atoms with van der Waals surface area (Å²) in [4.78, 5) is 11.3. The first-order valence-electron chi connectivity index (χ1n) is 5.52. The third-order valence-corrected chi connectivity index (χ3v) is 2.48. The number of halogens is 1. The van der Waals surface area contributed by atoms with Gasteiger partial charge in [-0.25, -0.2) is 0 Å². The van der Waals surface area contributed by atoms with E-state index in [1.165, 1.54) is 0 Å². The monoisotopic (exact) mass is 240 g/mol. The van der Waals surface area contributed by atoms with Crippen LogP contribution in [-0.2, 0) is 16.1 Å². The van der Waals surface area contributed by atoms with Crippen LogP contribution in [0.2, 0.25) is 0 Å². The van der Waals surface area contributed by atoms with Crippen LogP contribution in [0.4, 0.5) is 0 Å². The van der Waals surface area contributed by atoms with Gasteiger partial charge in [0.2, 0.25) is 0 Å². The van der Waals surface area contributed by atoms with Gasteiger partial charge < -0.3 is 4.74 Å². The Labute approximate surface area is 102 Å². The predicted octanol–water partition coefficient (Wildman–Crippen LogP) is 3.18. The maximum Gasteiger partial charge on any atom is 0.158 e. The van der Waals surface area contributed by atoms with E-state index in [4.69, 9.17) is 16.3 Å². The lowest BCUT2D eigenvalue weighted by Crippen LogP contribution is -2.08. The van der Waals surface area contributed by atoms with Crippen molar-refractivity contribution in [3.8, 4) is 0 Å². The minimum absolute atomic E-state index is 0.154. The van der Waals surface area contributed by atoms with E-state index in [0.29, 0.717) is 18.9 Å². The number of carbonyl (C=O) groups is 1. The first-order chi connectivity index (χ1) is 7.83. The van der Waals surface area contributed by atoms with Gasteiger partial charge in [-0.2, -0.15) is 0 Å². The van der Waals surface area contributed by atoms with Crippen molar-refractivity contribution in [1.29, 1.82) is 0 Å². The van der Waals surface area contributed by atoms with Crippen LogP contribution in [0.15, 0.2) is 30.3 Å². The molecule has 0 aromatic heterocycles. The van der Waals surface area contributed by atoms with Gasteiger partial charge in [0.05, 0.1) is 6.61 Å². The Balaban J connectivity index is 2.09. The van der Waals surface area contributed by atoms with Crippen LogP contribution in [-0.4, -0.2) is 18.3 Å². The highest BCUT2D eigenvalue weighted by Crippen LogP contribution is 2.02. The number of Topliss-reactive ketones (excluding diaryl/α,β-unsaturated/α-hetero) is 1. The zero-order valence-electron chi connectivity index (χ0n) is 9.32. The summed E-state index contributed by atoms with van der Waals surface area (Å²) >= 11 is 5.53. The Morgan fingerprint density at radius 3 is 2.62 bits per heavy atom. The van der Waals surface area contributed by atoms with E-state index >= 15 is 0 Å². The Kier molecular flexibility index (Phi) is 6.86. The summed E-state index contributed by atoms with van der Waals surface area (Å²) in [5.74, 6) is 0.777. The van der Waals surface area contributed by atoms with Crippen molar-refractivity contribution in [1.82, 2.24) is 0 Å². The second-order valence-electron chi connectivity index (χ2n) is 3.66. The summed E-state index contributed by atoms with van der Waals surface area (Å²) in [6.45, 7) is 0.708. The molecule has 1 rings (SSSR count). The fourth-order valence-corrected chi connectivity index (χ4v) is 1.53. The molecule has 0 aliphatic carbocycles. The molecule has 0 aliphatic rings. The number of hydrogen-bond acceptors (Lipinski definition) is 2. The van der Waals surface area contributed by atoms with Crippen LogP contribution in [0, 0.1) is 0 Å². The average molecular weight is 241 g/mol. The summed E-state index contributed by atoms with van der Waals surface area (Å²) in [6, 6.07) is 9.85. The van der Waals surface area contributed by atoms with Crippen molar-refractivity contribution in [2.45, 2.75) is 25.9 Å². The van der Waals surface area contributed by atoms with Crippen LogP contribution in [0.1, 0.15) is 24.8 Å². The summed E-state index contributed by atoms with van der Waals surface area (Å²) in [7, 11) is 0. The highest BCUT2D eigenvalue weighted by molar-refractivity contribution is 6.17. The number of alkyl halides is 1. The van der Waals surface area contributed by atoms with Crippen LogP contribution in [0.25, 0.3) is 0 Å². The van der Waals surface area contributed by atoms with Crippen LogP contribution in [0.5, 0.6) is 0 Å². The Hall–Kier alpha value is -0.860. The van der Waals surface area contributed by atoms with E-state index < -0.39 is 0 Å². The number of ketones is 1. The van der Waals surface area contributed by atoms with Gasteiger partial charge in [-0.3, -0.25) is 4.79 Å². The van der Waals surface area contributed by atoms with Crippen LogP contribution >= 0.6 is 11.6 Å². The van der Waals surface area contributed by atoms with Crippen molar-refractivity contribution < 1.29 is 9.53 Å². The lowest BCUT2D eigenvalue weighted by atomic mass is 10.2. The average Bonchev–Trinajstić information content (AvgIpc) is 2.31. The molecule has 0 spiro atoms. The highest BCUT2D eigenvalue weighted by Gasteiger charge is 2.01. The van der Waals surface area contributed by atoms with Gasteiger partial charge in [0, 0.05) is 12.3 Å². The molecule has 0 saturated heterocycles. The first kappa shape index (κ1) is 13.2. The molecule has 0 heterocycles. The van der Waals surface area contributed by atoms with E-state index in [2.05, 4.69) is 0 Å². The maximum atomic E-state index is 11.3. The molecule has 0 radical (unpaired) electrons. The Bertz CT molecular complexity index is 298. The van der Waals surface area contributed by atoms with E-state index in [1.54, 1.807) is 0 Å². The summed E-state index contributed by atoms with van der Waals surface area (Å²) < 4.78 is 5.33. The molecule has 0 amide bonds. The molecule has 0 atom stereocenters. The van der Waals surface area contributed by atoms with Crippen molar-refractivity contribution in [2.75, 3.05) is 12.5 Å². The van der Waals surface area contributed by atoms with Crippen LogP contribution < -0.4 is 0 Å². The second-order valence-corrected chi connectivity index (χ2v) is 4.04. The third-order valence-electron chi connectivity index (χ3n) is 2.21. The summed E-state index contributed by atoms with van der Waals surface area (Å²) in [5, 5.41) is 0. The molecule has 0 unspecified atom stereocenters. The third kappa shape index (κ3) is 5.89. The molecular formula is C13H17ClO2. The molecule has 0 bridgehead atoms. The molecule has 16 heavy (non-hydrogen) atoms. The highest BCUT2D eigenvalue weighted by atomic mass is 35.5. The second kappa shape index (κ2) is 8.31.